The van der Waals surface area contributed by atoms with E-state index in [1.54, 1.807) is 0 Å². The van der Waals surface area contributed by atoms with Gasteiger partial charge in [-0.1, -0.05) is 11.6 Å². The summed E-state index contributed by atoms with van der Waals surface area (Å²) < 4.78 is 0. The van der Waals surface area contributed by atoms with Gasteiger partial charge in [0.15, 0.2) is 0 Å². The maximum absolute atomic E-state index is 11.5. The lowest BCUT2D eigenvalue weighted by Gasteiger charge is -2.05. The second kappa shape index (κ2) is 5.23. The summed E-state index contributed by atoms with van der Waals surface area (Å²) in [5, 5.41) is 2.73. The van der Waals surface area contributed by atoms with Gasteiger partial charge in [-0.05, 0) is 6.07 Å². The Hall–Kier alpha value is -1.73. The Bertz CT molecular complexity index is 412. The number of amides is 1. The highest BCUT2D eigenvalue weighted by molar-refractivity contribution is 6.32. The molecule has 78 valence electrons. The third-order valence-corrected chi connectivity index (χ3v) is 1.96. The molecule has 0 radical (unpaired) electrons. The molecule has 0 atom stereocenters. The zero-order chi connectivity index (χ0) is 11.3. The Kier molecular flexibility index (Phi) is 3.95. The topological polar surface area (TPSA) is 68.0 Å². The van der Waals surface area contributed by atoms with Crippen LogP contribution in [0.1, 0.15) is 16.8 Å². The molecule has 0 saturated heterocycles. The van der Waals surface area contributed by atoms with Gasteiger partial charge in [-0.15, -0.1) is 12.3 Å². The first kappa shape index (κ1) is 11.3. The van der Waals surface area contributed by atoms with E-state index < -0.39 is 0 Å². The fraction of sp³-hybridized carbons (Fsp3) is 0.200. The Morgan fingerprint density at radius 2 is 2.47 bits per heavy atom. The molecule has 1 heterocycles. The number of hydrogen-bond acceptors (Lipinski definition) is 3. The number of carbonyl (C=O) groups is 1. The number of rotatable bonds is 3. The van der Waals surface area contributed by atoms with Crippen LogP contribution < -0.4 is 11.1 Å². The maximum atomic E-state index is 11.5. The highest BCUT2D eigenvalue weighted by atomic mass is 35.5. The summed E-state index contributed by atoms with van der Waals surface area (Å²) in [6.45, 7) is 0.403. The lowest BCUT2D eigenvalue weighted by atomic mass is 10.2. The van der Waals surface area contributed by atoms with Crippen LogP contribution in [0.5, 0.6) is 0 Å². The number of aromatic nitrogens is 1. The molecule has 5 heteroatoms. The third kappa shape index (κ3) is 3.15. The predicted molar refractivity (Wildman–Crippen MR) is 59.4 cm³/mol. The smallest absolute Gasteiger partial charge is 0.254 e. The first-order valence-electron chi connectivity index (χ1n) is 4.28. The molecule has 0 aliphatic rings. The summed E-state index contributed by atoms with van der Waals surface area (Å²) >= 11 is 5.74. The molecule has 3 N–H and O–H groups in total. The van der Waals surface area contributed by atoms with E-state index in [2.05, 4.69) is 16.2 Å². The van der Waals surface area contributed by atoms with Crippen LogP contribution >= 0.6 is 11.6 Å². The van der Waals surface area contributed by atoms with Gasteiger partial charge >= 0.3 is 0 Å². The molecule has 0 unspecified atom stereocenters. The van der Waals surface area contributed by atoms with Crippen LogP contribution in [0.3, 0.4) is 0 Å². The van der Waals surface area contributed by atoms with Crippen molar-refractivity contribution in [1.29, 1.82) is 0 Å². The summed E-state index contributed by atoms with van der Waals surface area (Å²) in [6.07, 6.45) is 6.91. The second-order valence-corrected chi connectivity index (χ2v) is 3.18. The Morgan fingerprint density at radius 3 is 3.13 bits per heavy atom. The van der Waals surface area contributed by atoms with Gasteiger partial charge < -0.3 is 11.1 Å². The first-order chi connectivity index (χ1) is 7.15. The molecule has 15 heavy (non-hydrogen) atoms. The van der Waals surface area contributed by atoms with Gasteiger partial charge in [0.1, 0.15) is 5.15 Å². The number of nitrogen functional groups attached to an aromatic ring is 1. The predicted octanol–water partition coefficient (Wildman–Crippen LogP) is 1.07. The van der Waals surface area contributed by atoms with E-state index in [1.807, 2.05) is 0 Å². The van der Waals surface area contributed by atoms with Crippen molar-refractivity contribution in [3.05, 3.63) is 23.0 Å². The van der Waals surface area contributed by atoms with Crippen molar-refractivity contribution in [2.24, 2.45) is 0 Å². The molecule has 1 rings (SSSR count). The van der Waals surface area contributed by atoms with Crippen LogP contribution in [0, 0.1) is 12.3 Å². The van der Waals surface area contributed by atoms with Crippen LogP contribution in [0.25, 0.3) is 0 Å². The summed E-state index contributed by atoms with van der Waals surface area (Å²) in [7, 11) is 0. The van der Waals surface area contributed by atoms with Gasteiger partial charge in [0.05, 0.1) is 17.4 Å². The number of terminal acetylenes is 1. The van der Waals surface area contributed by atoms with Gasteiger partial charge in [0.25, 0.3) is 5.91 Å². The Labute approximate surface area is 92.8 Å². The molecule has 0 saturated carbocycles. The lowest BCUT2D eigenvalue weighted by Crippen LogP contribution is -2.24. The SMILES string of the molecule is C#CCCNC(=O)c1cc(N)cnc1Cl. The summed E-state index contributed by atoms with van der Waals surface area (Å²) in [6, 6.07) is 1.47. The fourth-order valence-corrected chi connectivity index (χ4v) is 1.16. The lowest BCUT2D eigenvalue weighted by molar-refractivity contribution is 0.0954. The van der Waals surface area contributed by atoms with E-state index in [-0.39, 0.29) is 16.6 Å². The molecule has 0 aliphatic carbocycles. The van der Waals surface area contributed by atoms with E-state index in [1.165, 1.54) is 12.3 Å². The monoisotopic (exact) mass is 223 g/mol. The molecule has 0 fully saturated rings. The molecular weight excluding hydrogens is 214 g/mol. The number of carbonyl (C=O) groups excluding carboxylic acids is 1. The van der Waals surface area contributed by atoms with E-state index in [0.717, 1.165) is 0 Å². The van der Waals surface area contributed by atoms with Crippen molar-refractivity contribution in [2.75, 3.05) is 12.3 Å². The number of anilines is 1. The molecule has 1 amide bonds. The van der Waals surface area contributed by atoms with E-state index in [4.69, 9.17) is 23.8 Å². The normalized spacial score (nSPS) is 9.33. The van der Waals surface area contributed by atoms with Crippen molar-refractivity contribution in [2.45, 2.75) is 6.42 Å². The van der Waals surface area contributed by atoms with Crippen molar-refractivity contribution < 1.29 is 4.79 Å². The van der Waals surface area contributed by atoms with Gasteiger partial charge in [0, 0.05) is 13.0 Å². The van der Waals surface area contributed by atoms with E-state index >= 15 is 0 Å². The highest BCUT2D eigenvalue weighted by Crippen LogP contribution is 2.15. The number of hydrogen-bond donors (Lipinski definition) is 2. The number of halogens is 1. The van der Waals surface area contributed by atoms with Crippen LogP contribution in [-0.2, 0) is 0 Å². The second-order valence-electron chi connectivity index (χ2n) is 2.82. The minimum absolute atomic E-state index is 0.127. The van der Waals surface area contributed by atoms with E-state index in [9.17, 15) is 4.79 Å². The Morgan fingerprint density at radius 1 is 1.73 bits per heavy atom. The highest BCUT2D eigenvalue weighted by Gasteiger charge is 2.10. The molecule has 1 aromatic rings. The van der Waals surface area contributed by atoms with Crippen molar-refractivity contribution in [3.63, 3.8) is 0 Å². The average molecular weight is 224 g/mol. The van der Waals surface area contributed by atoms with Crippen molar-refractivity contribution >= 4 is 23.2 Å². The van der Waals surface area contributed by atoms with Gasteiger partial charge in [0.2, 0.25) is 0 Å². The first-order valence-corrected chi connectivity index (χ1v) is 4.65. The number of nitrogens with zero attached hydrogens (tertiary/aromatic N) is 1. The zero-order valence-corrected chi connectivity index (χ0v) is 8.71. The van der Waals surface area contributed by atoms with Crippen LogP contribution in [0.15, 0.2) is 12.3 Å². The maximum Gasteiger partial charge on any atom is 0.254 e. The molecule has 0 bridgehead atoms. The molecular formula is C10H10ClN3O. The van der Waals surface area contributed by atoms with Crippen LogP contribution in [0.2, 0.25) is 5.15 Å². The van der Waals surface area contributed by atoms with Crippen molar-refractivity contribution in [1.82, 2.24) is 10.3 Å². The molecule has 4 nitrogen and oxygen atoms in total. The van der Waals surface area contributed by atoms with E-state index in [0.29, 0.717) is 18.7 Å². The third-order valence-electron chi connectivity index (χ3n) is 1.66. The molecule has 0 aliphatic heterocycles. The number of nitrogens with one attached hydrogen (secondary N) is 1. The molecule has 0 aromatic carbocycles. The van der Waals surface area contributed by atoms with Gasteiger partial charge in [-0.25, -0.2) is 4.98 Å². The summed E-state index contributed by atoms with van der Waals surface area (Å²) in [4.78, 5) is 15.3. The molecule has 0 spiro atoms. The average Bonchev–Trinajstić information content (AvgIpc) is 2.22. The van der Waals surface area contributed by atoms with Gasteiger partial charge in [-0.3, -0.25) is 4.79 Å². The van der Waals surface area contributed by atoms with Crippen LogP contribution in [0.4, 0.5) is 5.69 Å². The number of nitrogens with two attached hydrogens (primary N) is 1. The van der Waals surface area contributed by atoms with Crippen LogP contribution in [-0.4, -0.2) is 17.4 Å². The van der Waals surface area contributed by atoms with Gasteiger partial charge in [-0.2, -0.15) is 0 Å². The summed E-state index contributed by atoms with van der Waals surface area (Å²) in [5.74, 6) is 2.09. The largest absolute Gasteiger partial charge is 0.397 e. The fourth-order valence-electron chi connectivity index (χ4n) is 0.967. The molecule has 1 aromatic heterocycles. The number of pyridine rings is 1. The van der Waals surface area contributed by atoms with Crippen molar-refractivity contribution in [3.8, 4) is 12.3 Å². The summed E-state index contributed by atoms with van der Waals surface area (Å²) in [5.41, 5.74) is 6.13. The minimum atomic E-state index is -0.324. The quantitative estimate of drug-likeness (QED) is 0.458. The Balaban J connectivity index is 2.73. The zero-order valence-electron chi connectivity index (χ0n) is 7.96. The standard InChI is InChI=1S/C10H10ClN3O/c1-2-3-4-13-10(15)8-5-7(12)6-14-9(8)11/h1,5-6H,3-4,12H2,(H,13,15). The minimum Gasteiger partial charge on any atom is -0.397 e.